The third kappa shape index (κ3) is 3.12. The van der Waals surface area contributed by atoms with Crippen LogP contribution in [0.4, 0.5) is 5.69 Å². The van der Waals surface area contributed by atoms with Gasteiger partial charge in [-0.1, -0.05) is 12.1 Å². The molecule has 1 aliphatic carbocycles. The van der Waals surface area contributed by atoms with E-state index < -0.39 is 0 Å². The smallest absolute Gasteiger partial charge is 0.241 e. The Labute approximate surface area is 135 Å². The molecule has 0 radical (unpaired) electrons. The van der Waals surface area contributed by atoms with E-state index in [-0.39, 0.29) is 11.9 Å². The summed E-state index contributed by atoms with van der Waals surface area (Å²) in [5.41, 5.74) is 1.68. The summed E-state index contributed by atoms with van der Waals surface area (Å²) in [5.74, 6) is 2.27. The molecule has 2 aliphatic rings. The molecule has 2 heterocycles. The van der Waals surface area contributed by atoms with Gasteiger partial charge in [0, 0.05) is 17.3 Å². The molecule has 4 rings (SSSR count). The summed E-state index contributed by atoms with van der Waals surface area (Å²) < 4.78 is 0. The minimum absolute atomic E-state index is 0.0523. The molecule has 3 N–H and O–H groups in total. The van der Waals surface area contributed by atoms with Crippen LogP contribution in [0.2, 0.25) is 0 Å². The van der Waals surface area contributed by atoms with E-state index >= 15 is 0 Å². The third-order valence-corrected chi connectivity index (χ3v) is 4.67. The number of carbonyl (C=O) groups is 1. The molecular weight excluding hydrogens is 290 g/mol. The van der Waals surface area contributed by atoms with Crippen molar-refractivity contribution < 1.29 is 4.79 Å². The molecule has 6 nitrogen and oxygen atoms in total. The predicted molar refractivity (Wildman–Crippen MR) is 87.9 cm³/mol. The normalized spacial score (nSPS) is 23.9. The van der Waals surface area contributed by atoms with E-state index in [2.05, 4.69) is 25.8 Å². The number of amides is 1. The summed E-state index contributed by atoms with van der Waals surface area (Å²) in [6.45, 7) is 1.87. The maximum atomic E-state index is 12.4. The largest absolute Gasteiger partial charge is 0.325 e. The van der Waals surface area contributed by atoms with Gasteiger partial charge in [0.1, 0.15) is 5.82 Å². The van der Waals surface area contributed by atoms with Crippen LogP contribution in [0.5, 0.6) is 0 Å². The standard InChI is InChI=1S/C17H21N5O/c1-10-18-16(22-21-10)12-3-2-4-13(9-12)19-17(23)15-8-7-14(20-15)11-5-6-11/h2-4,9,11,14-15,20H,5-8H2,1H3,(H,19,23)(H,18,21,22). The fourth-order valence-electron chi connectivity index (χ4n) is 3.29. The lowest BCUT2D eigenvalue weighted by Crippen LogP contribution is -2.39. The molecule has 1 amide bonds. The van der Waals surface area contributed by atoms with Crippen LogP contribution in [0.15, 0.2) is 24.3 Å². The Morgan fingerprint density at radius 1 is 1.26 bits per heavy atom. The number of nitrogens with one attached hydrogen (secondary N) is 3. The van der Waals surface area contributed by atoms with Gasteiger partial charge < -0.3 is 10.6 Å². The number of rotatable bonds is 4. The molecule has 1 aliphatic heterocycles. The van der Waals surface area contributed by atoms with Crippen molar-refractivity contribution in [1.29, 1.82) is 0 Å². The fourth-order valence-corrected chi connectivity index (χ4v) is 3.29. The van der Waals surface area contributed by atoms with Gasteiger partial charge in [-0.15, -0.1) is 0 Å². The van der Waals surface area contributed by atoms with Crippen LogP contribution in [-0.2, 0) is 4.79 Å². The molecule has 2 aromatic rings. The van der Waals surface area contributed by atoms with E-state index in [0.29, 0.717) is 11.9 Å². The molecule has 0 bridgehead atoms. The number of aromatic amines is 1. The van der Waals surface area contributed by atoms with Gasteiger partial charge in [0.25, 0.3) is 0 Å². The Kier molecular flexibility index (Phi) is 3.61. The maximum Gasteiger partial charge on any atom is 0.241 e. The average Bonchev–Trinajstić information content (AvgIpc) is 3.11. The highest BCUT2D eigenvalue weighted by Gasteiger charge is 2.38. The van der Waals surface area contributed by atoms with Crippen molar-refractivity contribution in [3.63, 3.8) is 0 Å². The molecule has 23 heavy (non-hydrogen) atoms. The van der Waals surface area contributed by atoms with Crippen LogP contribution in [-0.4, -0.2) is 33.2 Å². The van der Waals surface area contributed by atoms with Crippen molar-refractivity contribution >= 4 is 11.6 Å². The zero-order valence-corrected chi connectivity index (χ0v) is 13.2. The Balaban J connectivity index is 1.43. The molecule has 1 saturated heterocycles. The first-order chi connectivity index (χ1) is 11.2. The third-order valence-electron chi connectivity index (χ3n) is 4.67. The van der Waals surface area contributed by atoms with E-state index in [1.54, 1.807) is 0 Å². The number of benzene rings is 1. The second-order valence-electron chi connectivity index (χ2n) is 6.56. The number of H-pyrrole nitrogens is 1. The number of carbonyl (C=O) groups excluding carboxylic acids is 1. The van der Waals surface area contributed by atoms with Crippen molar-refractivity contribution in [3.05, 3.63) is 30.1 Å². The van der Waals surface area contributed by atoms with Gasteiger partial charge in [-0.3, -0.25) is 9.89 Å². The summed E-state index contributed by atoms with van der Waals surface area (Å²) >= 11 is 0. The number of aryl methyl sites for hydroxylation is 1. The predicted octanol–water partition coefficient (Wildman–Crippen LogP) is 2.25. The minimum atomic E-state index is -0.0741. The van der Waals surface area contributed by atoms with E-state index in [9.17, 15) is 4.79 Å². The molecule has 2 fully saturated rings. The molecule has 1 saturated carbocycles. The molecule has 0 spiro atoms. The van der Waals surface area contributed by atoms with Crippen LogP contribution in [0, 0.1) is 12.8 Å². The molecule has 6 heteroatoms. The Morgan fingerprint density at radius 2 is 2.13 bits per heavy atom. The van der Waals surface area contributed by atoms with Gasteiger partial charge in [-0.2, -0.15) is 5.10 Å². The molecule has 2 atom stereocenters. The highest BCUT2D eigenvalue weighted by Crippen LogP contribution is 2.37. The molecule has 1 aromatic carbocycles. The van der Waals surface area contributed by atoms with Crippen LogP contribution in [0.25, 0.3) is 11.4 Å². The second-order valence-corrected chi connectivity index (χ2v) is 6.56. The average molecular weight is 311 g/mol. The minimum Gasteiger partial charge on any atom is -0.325 e. The molecule has 2 unspecified atom stereocenters. The van der Waals surface area contributed by atoms with Crippen molar-refractivity contribution in [1.82, 2.24) is 20.5 Å². The van der Waals surface area contributed by atoms with E-state index in [1.807, 2.05) is 31.2 Å². The van der Waals surface area contributed by atoms with Gasteiger partial charge in [0.05, 0.1) is 6.04 Å². The highest BCUT2D eigenvalue weighted by atomic mass is 16.2. The summed E-state index contributed by atoms with van der Waals surface area (Å²) in [5, 5.41) is 13.5. The van der Waals surface area contributed by atoms with Gasteiger partial charge in [0.15, 0.2) is 5.82 Å². The Morgan fingerprint density at radius 3 is 2.87 bits per heavy atom. The lowest BCUT2D eigenvalue weighted by atomic mass is 10.1. The lowest BCUT2D eigenvalue weighted by Gasteiger charge is -2.14. The highest BCUT2D eigenvalue weighted by molar-refractivity contribution is 5.95. The molecular formula is C17H21N5O. The van der Waals surface area contributed by atoms with Crippen LogP contribution < -0.4 is 10.6 Å². The lowest BCUT2D eigenvalue weighted by molar-refractivity contribution is -0.117. The van der Waals surface area contributed by atoms with Crippen molar-refractivity contribution in [2.24, 2.45) is 5.92 Å². The Hall–Kier alpha value is -2.21. The van der Waals surface area contributed by atoms with Gasteiger partial charge >= 0.3 is 0 Å². The summed E-state index contributed by atoms with van der Waals surface area (Å²) in [7, 11) is 0. The number of aromatic nitrogens is 3. The first-order valence-electron chi connectivity index (χ1n) is 8.25. The van der Waals surface area contributed by atoms with Gasteiger partial charge in [-0.25, -0.2) is 4.98 Å². The first-order valence-corrected chi connectivity index (χ1v) is 8.25. The summed E-state index contributed by atoms with van der Waals surface area (Å²) in [6.07, 6.45) is 4.65. The molecule has 120 valence electrons. The zero-order chi connectivity index (χ0) is 15.8. The zero-order valence-electron chi connectivity index (χ0n) is 13.2. The van der Waals surface area contributed by atoms with Crippen molar-refractivity contribution in [3.8, 4) is 11.4 Å². The SMILES string of the molecule is Cc1nc(-c2cccc(NC(=O)C3CCC(C4CC4)N3)c2)n[nH]1. The Bertz CT molecular complexity index is 721. The maximum absolute atomic E-state index is 12.4. The number of hydrogen-bond donors (Lipinski definition) is 3. The van der Waals surface area contributed by atoms with E-state index in [4.69, 9.17) is 0 Å². The number of hydrogen-bond acceptors (Lipinski definition) is 4. The fraction of sp³-hybridized carbons (Fsp3) is 0.471. The quantitative estimate of drug-likeness (QED) is 0.809. The topological polar surface area (TPSA) is 82.7 Å². The summed E-state index contributed by atoms with van der Waals surface area (Å²) in [4.78, 5) is 16.8. The monoisotopic (exact) mass is 311 g/mol. The molecule has 1 aromatic heterocycles. The van der Waals surface area contributed by atoms with Crippen molar-refractivity contribution in [2.75, 3.05) is 5.32 Å². The van der Waals surface area contributed by atoms with Crippen LogP contribution in [0.1, 0.15) is 31.5 Å². The van der Waals surface area contributed by atoms with Gasteiger partial charge in [0.2, 0.25) is 5.91 Å². The van der Waals surface area contributed by atoms with Crippen molar-refractivity contribution in [2.45, 2.75) is 44.7 Å². The number of anilines is 1. The van der Waals surface area contributed by atoms with E-state index in [0.717, 1.165) is 35.8 Å². The number of nitrogens with zero attached hydrogens (tertiary/aromatic N) is 2. The summed E-state index contributed by atoms with van der Waals surface area (Å²) in [6, 6.07) is 8.12. The van der Waals surface area contributed by atoms with Gasteiger partial charge in [-0.05, 0) is 50.7 Å². The second kappa shape index (κ2) is 5.77. The first kappa shape index (κ1) is 14.4. The van der Waals surface area contributed by atoms with Crippen LogP contribution in [0.3, 0.4) is 0 Å². The van der Waals surface area contributed by atoms with E-state index in [1.165, 1.54) is 12.8 Å². The van der Waals surface area contributed by atoms with Crippen LogP contribution >= 0.6 is 0 Å².